The van der Waals surface area contributed by atoms with Crippen molar-refractivity contribution in [1.29, 1.82) is 5.26 Å². The molecule has 5 nitrogen and oxygen atoms in total. The number of hydrogen-bond acceptors (Lipinski definition) is 3. The molecule has 148 valence electrons. The maximum absolute atomic E-state index is 13.3. The molecular formula is C23H15Cl2N3O2. The highest BCUT2D eigenvalue weighted by atomic mass is 35.5. The predicted molar refractivity (Wildman–Crippen MR) is 118 cm³/mol. The molecule has 7 heteroatoms. The summed E-state index contributed by atoms with van der Waals surface area (Å²) in [6.07, 6.45) is 0. The fourth-order valence-corrected chi connectivity index (χ4v) is 3.94. The van der Waals surface area contributed by atoms with Crippen molar-refractivity contribution in [3.05, 3.63) is 114 Å². The van der Waals surface area contributed by atoms with Crippen LogP contribution in [0.3, 0.4) is 0 Å². The van der Waals surface area contributed by atoms with Gasteiger partial charge >= 0.3 is 5.69 Å². The minimum absolute atomic E-state index is 0.0626. The van der Waals surface area contributed by atoms with E-state index in [0.29, 0.717) is 16.1 Å². The molecule has 0 bridgehead atoms. The molecule has 0 aliphatic heterocycles. The Kier molecular flexibility index (Phi) is 5.45. The second-order valence-electron chi connectivity index (χ2n) is 6.84. The Morgan fingerprint density at radius 2 is 1.47 bits per heavy atom. The van der Waals surface area contributed by atoms with Crippen molar-refractivity contribution in [3.63, 3.8) is 0 Å². The highest BCUT2D eigenvalue weighted by Gasteiger charge is 2.17. The van der Waals surface area contributed by atoms with Crippen LogP contribution in [0, 0.1) is 11.3 Å². The molecule has 0 aliphatic carbocycles. The van der Waals surface area contributed by atoms with Crippen LogP contribution in [0.1, 0.15) is 16.7 Å². The topological polar surface area (TPSA) is 67.8 Å². The van der Waals surface area contributed by atoms with E-state index in [4.69, 9.17) is 28.5 Å². The Hall–Kier alpha value is -3.33. The third kappa shape index (κ3) is 3.76. The zero-order chi connectivity index (χ0) is 21.3. The minimum atomic E-state index is -0.481. The summed E-state index contributed by atoms with van der Waals surface area (Å²) in [6.45, 7) is 0.327. The summed E-state index contributed by atoms with van der Waals surface area (Å²) in [5.41, 5.74) is 1.58. The number of halogens is 2. The highest BCUT2D eigenvalue weighted by Crippen LogP contribution is 2.25. The van der Waals surface area contributed by atoms with Gasteiger partial charge in [0.25, 0.3) is 5.56 Å². The molecule has 0 spiro atoms. The normalized spacial score (nSPS) is 10.8. The number of hydrogen-bond donors (Lipinski definition) is 0. The van der Waals surface area contributed by atoms with Crippen molar-refractivity contribution in [2.45, 2.75) is 13.1 Å². The zero-order valence-electron chi connectivity index (χ0n) is 15.7. The van der Waals surface area contributed by atoms with Gasteiger partial charge in [-0.3, -0.25) is 13.9 Å². The fourth-order valence-electron chi connectivity index (χ4n) is 3.38. The van der Waals surface area contributed by atoms with E-state index in [1.54, 1.807) is 30.3 Å². The largest absolute Gasteiger partial charge is 0.332 e. The van der Waals surface area contributed by atoms with E-state index in [2.05, 4.69) is 0 Å². The second kappa shape index (κ2) is 8.19. The van der Waals surface area contributed by atoms with Crippen LogP contribution >= 0.6 is 23.2 Å². The SMILES string of the molecule is N#Cc1ccc(Cn2c(=O)c3c(Cl)cc(Cl)cc3n(Cc3ccccc3)c2=O)cc1. The maximum Gasteiger partial charge on any atom is 0.332 e. The summed E-state index contributed by atoms with van der Waals surface area (Å²) in [5, 5.41) is 9.75. The molecular weight excluding hydrogens is 421 g/mol. The molecule has 0 amide bonds. The van der Waals surface area contributed by atoms with Crippen LogP contribution in [0.15, 0.2) is 76.3 Å². The lowest BCUT2D eigenvalue weighted by Gasteiger charge is -2.15. The van der Waals surface area contributed by atoms with Gasteiger partial charge in [0.2, 0.25) is 0 Å². The van der Waals surface area contributed by atoms with Crippen molar-refractivity contribution in [3.8, 4) is 6.07 Å². The molecule has 30 heavy (non-hydrogen) atoms. The summed E-state index contributed by atoms with van der Waals surface area (Å²) >= 11 is 12.5. The Morgan fingerprint density at radius 3 is 2.13 bits per heavy atom. The first kappa shape index (κ1) is 20.0. The van der Waals surface area contributed by atoms with E-state index in [1.165, 1.54) is 10.6 Å². The minimum Gasteiger partial charge on any atom is -0.289 e. The van der Waals surface area contributed by atoms with Crippen molar-refractivity contribution in [2.24, 2.45) is 0 Å². The average Bonchev–Trinajstić information content (AvgIpc) is 2.75. The second-order valence-corrected chi connectivity index (χ2v) is 7.68. The lowest BCUT2D eigenvalue weighted by Crippen LogP contribution is -2.40. The van der Waals surface area contributed by atoms with Gasteiger partial charge in [-0.25, -0.2) is 4.79 Å². The van der Waals surface area contributed by atoms with Gasteiger partial charge in [-0.05, 0) is 35.4 Å². The summed E-state index contributed by atoms with van der Waals surface area (Å²) < 4.78 is 2.67. The number of fused-ring (bicyclic) bond motifs is 1. The van der Waals surface area contributed by atoms with E-state index >= 15 is 0 Å². The van der Waals surface area contributed by atoms with E-state index in [-0.39, 0.29) is 23.5 Å². The van der Waals surface area contributed by atoms with Gasteiger partial charge in [-0.1, -0.05) is 65.7 Å². The van der Waals surface area contributed by atoms with Crippen LogP contribution < -0.4 is 11.2 Å². The number of benzene rings is 3. The standard InChI is InChI=1S/C23H15Cl2N3O2/c24-18-10-19(25)21-20(11-18)27(13-16-4-2-1-3-5-16)23(30)28(22(21)29)14-17-8-6-15(12-26)7-9-17/h1-11H,13-14H2. The molecule has 0 fully saturated rings. The molecule has 4 aromatic rings. The van der Waals surface area contributed by atoms with Crippen LogP contribution in [0.2, 0.25) is 10.0 Å². The summed E-state index contributed by atoms with van der Waals surface area (Å²) in [7, 11) is 0. The molecule has 3 aromatic carbocycles. The molecule has 4 rings (SSSR count). The zero-order valence-corrected chi connectivity index (χ0v) is 17.2. The van der Waals surface area contributed by atoms with E-state index in [1.807, 2.05) is 36.4 Å². The first-order valence-electron chi connectivity index (χ1n) is 9.13. The molecule has 0 unspecified atom stereocenters. The summed E-state index contributed by atoms with van der Waals surface area (Å²) in [6, 6.07) is 21.3. The van der Waals surface area contributed by atoms with Gasteiger partial charge in [0.1, 0.15) is 0 Å². The first-order valence-corrected chi connectivity index (χ1v) is 9.89. The third-order valence-corrected chi connectivity index (χ3v) is 5.37. The van der Waals surface area contributed by atoms with E-state index in [9.17, 15) is 9.59 Å². The van der Waals surface area contributed by atoms with Crippen LogP contribution in [-0.2, 0) is 13.1 Å². The Bertz CT molecular complexity index is 1400. The lowest BCUT2D eigenvalue weighted by molar-refractivity contribution is 0.635. The quantitative estimate of drug-likeness (QED) is 0.475. The number of aromatic nitrogens is 2. The van der Waals surface area contributed by atoms with Crippen LogP contribution in [0.25, 0.3) is 10.9 Å². The molecule has 0 aliphatic rings. The third-order valence-electron chi connectivity index (χ3n) is 4.85. The molecule has 1 aromatic heterocycles. The number of nitrogens with zero attached hydrogens (tertiary/aromatic N) is 3. The molecule has 0 atom stereocenters. The first-order chi connectivity index (χ1) is 14.5. The van der Waals surface area contributed by atoms with Crippen LogP contribution in [-0.4, -0.2) is 9.13 Å². The van der Waals surface area contributed by atoms with Gasteiger partial charge in [0.15, 0.2) is 0 Å². The van der Waals surface area contributed by atoms with E-state index < -0.39 is 11.2 Å². The Labute approximate surface area is 182 Å². The maximum atomic E-state index is 13.3. The smallest absolute Gasteiger partial charge is 0.289 e. The summed E-state index contributed by atoms with van der Waals surface area (Å²) in [5.74, 6) is 0. The molecule has 0 saturated carbocycles. The van der Waals surface area contributed by atoms with Crippen LogP contribution in [0.4, 0.5) is 0 Å². The van der Waals surface area contributed by atoms with E-state index in [0.717, 1.165) is 15.7 Å². The molecule has 1 heterocycles. The summed E-state index contributed by atoms with van der Waals surface area (Å²) in [4.78, 5) is 26.5. The van der Waals surface area contributed by atoms with Gasteiger partial charge in [-0.15, -0.1) is 0 Å². The van der Waals surface area contributed by atoms with Gasteiger partial charge in [-0.2, -0.15) is 5.26 Å². The number of rotatable bonds is 4. The molecule has 0 radical (unpaired) electrons. The molecule has 0 N–H and O–H groups in total. The van der Waals surface area contributed by atoms with Gasteiger partial charge in [0, 0.05) is 5.02 Å². The molecule has 0 saturated heterocycles. The monoisotopic (exact) mass is 435 g/mol. The lowest BCUT2D eigenvalue weighted by atomic mass is 10.1. The van der Waals surface area contributed by atoms with Crippen molar-refractivity contribution >= 4 is 34.1 Å². The average molecular weight is 436 g/mol. The highest BCUT2D eigenvalue weighted by molar-refractivity contribution is 6.38. The Morgan fingerprint density at radius 1 is 0.833 bits per heavy atom. The van der Waals surface area contributed by atoms with Crippen molar-refractivity contribution in [1.82, 2.24) is 9.13 Å². The van der Waals surface area contributed by atoms with Crippen LogP contribution in [0.5, 0.6) is 0 Å². The van der Waals surface area contributed by atoms with Gasteiger partial charge in [0.05, 0.1) is 40.6 Å². The van der Waals surface area contributed by atoms with Crippen molar-refractivity contribution in [2.75, 3.05) is 0 Å². The fraction of sp³-hybridized carbons (Fsp3) is 0.0870. The Balaban J connectivity index is 1.95. The predicted octanol–water partition coefficient (Wildman–Crippen LogP) is 4.44. The number of nitriles is 1. The van der Waals surface area contributed by atoms with Gasteiger partial charge < -0.3 is 0 Å². The van der Waals surface area contributed by atoms with Crippen molar-refractivity contribution < 1.29 is 0 Å².